The van der Waals surface area contributed by atoms with E-state index in [1.54, 1.807) is 0 Å². The van der Waals surface area contributed by atoms with Gasteiger partial charge < -0.3 is 10.0 Å². The molecule has 3 atom stereocenters. The topological polar surface area (TPSA) is 23.5 Å². The number of terminal acetylenes is 1. The number of likely N-dealkylation sites (tertiary alicyclic amines) is 1. The molecule has 1 heterocycles. The molecular weight excluding hydrogens is 162 g/mol. The minimum absolute atomic E-state index is 0.102. The van der Waals surface area contributed by atoms with Crippen LogP contribution in [0.15, 0.2) is 0 Å². The zero-order chi connectivity index (χ0) is 9.26. The molecule has 1 saturated heterocycles. The average molecular weight is 179 g/mol. The van der Waals surface area contributed by atoms with Gasteiger partial charge >= 0.3 is 0 Å². The van der Waals surface area contributed by atoms with Crippen LogP contribution in [0.2, 0.25) is 0 Å². The Morgan fingerprint density at radius 1 is 1.23 bits per heavy atom. The van der Waals surface area contributed by atoms with Gasteiger partial charge in [-0.15, -0.1) is 0 Å². The fourth-order valence-corrected chi connectivity index (χ4v) is 2.79. The van der Waals surface area contributed by atoms with Gasteiger partial charge in [0.05, 0.1) is 6.10 Å². The van der Waals surface area contributed by atoms with Gasteiger partial charge in [-0.3, -0.25) is 0 Å². The van der Waals surface area contributed by atoms with Crippen LogP contribution in [-0.2, 0) is 0 Å². The number of fused-ring (bicyclic) bond motifs is 1. The van der Waals surface area contributed by atoms with Crippen LogP contribution in [0, 0.1) is 18.4 Å². The maximum absolute atomic E-state index is 9.82. The van der Waals surface area contributed by atoms with Gasteiger partial charge in [-0.25, -0.2) is 0 Å². The molecule has 3 unspecified atom stereocenters. The molecule has 13 heavy (non-hydrogen) atoms. The normalized spacial score (nSPS) is 39.4. The summed E-state index contributed by atoms with van der Waals surface area (Å²) < 4.78 is 0. The first-order chi connectivity index (χ1) is 6.33. The Morgan fingerprint density at radius 2 is 2.00 bits per heavy atom. The van der Waals surface area contributed by atoms with Crippen LogP contribution >= 0.6 is 0 Å². The Labute approximate surface area is 79.9 Å². The molecule has 1 N–H and O–H groups in total. The van der Waals surface area contributed by atoms with E-state index < -0.39 is 0 Å². The first-order valence-electron chi connectivity index (χ1n) is 5.24. The number of nitrogens with zero attached hydrogens (tertiary/aromatic N) is 1. The van der Waals surface area contributed by atoms with Crippen molar-refractivity contribution in [3.05, 3.63) is 0 Å². The van der Waals surface area contributed by atoms with Gasteiger partial charge in [-0.1, -0.05) is 19.3 Å². The van der Waals surface area contributed by atoms with E-state index in [-0.39, 0.29) is 6.10 Å². The van der Waals surface area contributed by atoms with Gasteiger partial charge in [0.1, 0.15) is 0 Å². The van der Waals surface area contributed by atoms with E-state index in [4.69, 9.17) is 6.42 Å². The van der Waals surface area contributed by atoms with E-state index >= 15 is 0 Å². The standard InChI is InChI=1S/C11H17NO/c1-2-12-8-7-11(13)9-5-3-4-6-10(9)12/h1,9-11,13H,3-8H2. The van der Waals surface area contributed by atoms with E-state index in [2.05, 4.69) is 10.9 Å². The van der Waals surface area contributed by atoms with Crippen LogP contribution < -0.4 is 0 Å². The summed E-state index contributed by atoms with van der Waals surface area (Å²) in [6, 6.07) is 3.21. The molecule has 72 valence electrons. The lowest BCUT2D eigenvalue weighted by Gasteiger charge is -2.44. The molecule has 0 aromatic rings. The predicted molar refractivity (Wildman–Crippen MR) is 51.9 cm³/mol. The third kappa shape index (κ3) is 1.53. The third-order valence-electron chi connectivity index (χ3n) is 3.51. The van der Waals surface area contributed by atoms with Crippen molar-refractivity contribution in [3.8, 4) is 12.5 Å². The SMILES string of the molecule is C#CN1CCC(O)C2CCCCC21. The summed E-state index contributed by atoms with van der Waals surface area (Å²) >= 11 is 0. The summed E-state index contributed by atoms with van der Waals surface area (Å²) in [6.07, 6.45) is 11.1. The minimum atomic E-state index is -0.102. The Balaban J connectivity index is 2.10. The van der Waals surface area contributed by atoms with Crippen molar-refractivity contribution < 1.29 is 5.11 Å². The Morgan fingerprint density at radius 3 is 2.77 bits per heavy atom. The van der Waals surface area contributed by atoms with Gasteiger partial charge in [0.25, 0.3) is 0 Å². The Hall–Kier alpha value is -0.680. The highest BCUT2D eigenvalue weighted by Crippen LogP contribution is 2.34. The molecule has 1 saturated carbocycles. The van der Waals surface area contributed by atoms with E-state index in [1.165, 1.54) is 19.3 Å². The largest absolute Gasteiger partial charge is 0.393 e. The Kier molecular flexibility index (Phi) is 2.46. The van der Waals surface area contributed by atoms with Crippen molar-refractivity contribution >= 4 is 0 Å². The van der Waals surface area contributed by atoms with Crippen molar-refractivity contribution in [2.75, 3.05) is 6.54 Å². The molecule has 0 radical (unpaired) electrons. The molecule has 0 aromatic carbocycles. The molecule has 2 nitrogen and oxygen atoms in total. The number of aliphatic hydroxyl groups excluding tert-OH is 1. The number of hydrogen-bond acceptors (Lipinski definition) is 2. The van der Waals surface area contributed by atoms with Crippen molar-refractivity contribution in [1.29, 1.82) is 0 Å². The summed E-state index contributed by atoms with van der Waals surface area (Å²) in [5, 5.41) is 9.82. The highest BCUT2D eigenvalue weighted by Gasteiger charge is 2.37. The number of aliphatic hydroxyl groups is 1. The van der Waals surface area contributed by atoms with E-state index in [0.29, 0.717) is 12.0 Å². The van der Waals surface area contributed by atoms with E-state index in [9.17, 15) is 5.11 Å². The lowest BCUT2D eigenvalue weighted by molar-refractivity contribution is -0.0124. The molecule has 2 rings (SSSR count). The highest BCUT2D eigenvalue weighted by atomic mass is 16.3. The van der Waals surface area contributed by atoms with Crippen molar-refractivity contribution in [1.82, 2.24) is 4.90 Å². The molecule has 1 aliphatic heterocycles. The van der Waals surface area contributed by atoms with Crippen LogP contribution in [0.5, 0.6) is 0 Å². The van der Waals surface area contributed by atoms with Crippen LogP contribution in [0.3, 0.4) is 0 Å². The van der Waals surface area contributed by atoms with Crippen molar-refractivity contribution in [2.24, 2.45) is 5.92 Å². The summed E-state index contributed by atoms with van der Waals surface area (Å²) in [5.41, 5.74) is 0. The van der Waals surface area contributed by atoms with Crippen LogP contribution in [0.4, 0.5) is 0 Å². The smallest absolute Gasteiger partial charge is 0.0605 e. The molecule has 0 spiro atoms. The molecule has 0 bridgehead atoms. The zero-order valence-corrected chi connectivity index (χ0v) is 7.95. The Bertz CT molecular complexity index is 221. The number of hydrogen-bond donors (Lipinski definition) is 1. The maximum atomic E-state index is 9.82. The van der Waals surface area contributed by atoms with E-state index in [0.717, 1.165) is 19.4 Å². The monoisotopic (exact) mass is 179 g/mol. The predicted octanol–water partition coefficient (Wildman–Crippen LogP) is 1.20. The molecule has 2 fully saturated rings. The van der Waals surface area contributed by atoms with Gasteiger partial charge in [0.15, 0.2) is 0 Å². The van der Waals surface area contributed by atoms with Gasteiger partial charge in [-0.2, -0.15) is 0 Å². The molecule has 2 heteroatoms. The minimum Gasteiger partial charge on any atom is -0.393 e. The van der Waals surface area contributed by atoms with Crippen LogP contribution in [0.25, 0.3) is 0 Å². The molecule has 2 aliphatic rings. The summed E-state index contributed by atoms with van der Waals surface area (Å²) in [6.45, 7) is 0.874. The highest BCUT2D eigenvalue weighted by molar-refractivity contribution is 4.99. The second-order valence-electron chi connectivity index (χ2n) is 4.19. The molecule has 1 aliphatic carbocycles. The zero-order valence-electron chi connectivity index (χ0n) is 7.95. The van der Waals surface area contributed by atoms with Gasteiger partial charge in [-0.05, 0) is 19.3 Å². The van der Waals surface area contributed by atoms with Gasteiger partial charge in [0, 0.05) is 24.5 Å². The fraction of sp³-hybridized carbons (Fsp3) is 0.818. The number of rotatable bonds is 0. The lowest BCUT2D eigenvalue weighted by atomic mass is 9.77. The van der Waals surface area contributed by atoms with Crippen LogP contribution in [-0.4, -0.2) is 28.7 Å². The second-order valence-corrected chi connectivity index (χ2v) is 4.19. The van der Waals surface area contributed by atoms with E-state index in [1.807, 2.05) is 0 Å². The summed E-state index contributed by atoms with van der Waals surface area (Å²) in [4.78, 5) is 2.09. The molecule has 0 amide bonds. The quantitative estimate of drug-likeness (QED) is 0.565. The summed E-state index contributed by atoms with van der Waals surface area (Å²) in [7, 11) is 0. The van der Waals surface area contributed by atoms with Crippen LogP contribution in [0.1, 0.15) is 32.1 Å². The van der Waals surface area contributed by atoms with Crippen molar-refractivity contribution in [2.45, 2.75) is 44.2 Å². The third-order valence-corrected chi connectivity index (χ3v) is 3.51. The second kappa shape index (κ2) is 3.59. The first-order valence-corrected chi connectivity index (χ1v) is 5.24. The number of piperidine rings is 1. The first kappa shape index (κ1) is 8.90. The van der Waals surface area contributed by atoms with Gasteiger partial charge in [0.2, 0.25) is 0 Å². The van der Waals surface area contributed by atoms with Crippen molar-refractivity contribution in [3.63, 3.8) is 0 Å². The summed E-state index contributed by atoms with van der Waals surface area (Å²) in [5.74, 6) is 0.443. The molecular formula is C11H17NO. The maximum Gasteiger partial charge on any atom is 0.0605 e. The average Bonchev–Trinajstić information content (AvgIpc) is 2.19. The lowest BCUT2D eigenvalue weighted by Crippen LogP contribution is -2.50. The molecule has 0 aromatic heterocycles. The fourth-order valence-electron chi connectivity index (χ4n) is 2.79.